The number of aromatic nitrogens is 3. The molecule has 0 saturated heterocycles. The lowest BCUT2D eigenvalue weighted by Gasteiger charge is -2.28. The van der Waals surface area contributed by atoms with Crippen molar-refractivity contribution in [3.05, 3.63) is 47.9 Å². The van der Waals surface area contributed by atoms with E-state index in [1.165, 1.54) is 0 Å². The molecule has 1 amide bonds. The van der Waals surface area contributed by atoms with Crippen LogP contribution >= 0.6 is 0 Å². The number of amides is 1. The molecule has 0 bridgehead atoms. The Morgan fingerprint density at radius 2 is 1.66 bits per heavy atom. The normalized spacial score (nSPS) is 14.4. The maximum atomic E-state index is 13.3. The quantitative estimate of drug-likeness (QED) is 0.541. The summed E-state index contributed by atoms with van der Waals surface area (Å²) in [5, 5.41) is 11.9. The van der Waals surface area contributed by atoms with Crippen LogP contribution in [-0.2, 0) is 11.0 Å². The molecule has 172 valence electrons. The highest BCUT2D eigenvalue weighted by Crippen LogP contribution is 2.36. The van der Waals surface area contributed by atoms with E-state index in [4.69, 9.17) is 0 Å². The molecule has 0 aliphatic heterocycles. The summed E-state index contributed by atoms with van der Waals surface area (Å²) in [6.07, 6.45) is -12.1. The predicted octanol–water partition coefficient (Wildman–Crippen LogP) is 4.61. The summed E-state index contributed by atoms with van der Waals surface area (Å²) in [5.74, 6) is -2.41. The lowest BCUT2D eigenvalue weighted by molar-refractivity contribution is -0.261. The Morgan fingerprint density at radius 1 is 1.03 bits per heavy atom. The fourth-order valence-corrected chi connectivity index (χ4v) is 2.89. The van der Waals surface area contributed by atoms with Crippen LogP contribution in [-0.4, -0.2) is 37.3 Å². The molecular weight excluding hydrogens is 449 g/mol. The molecule has 0 radical (unpaired) electrons. The minimum atomic E-state index is -5.10. The van der Waals surface area contributed by atoms with Crippen LogP contribution in [0.15, 0.2) is 36.4 Å². The first-order valence-electron chi connectivity index (χ1n) is 9.07. The van der Waals surface area contributed by atoms with Gasteiger partial charge in [-0.3, -0.25) is 14.7 Å². The average Bonchev–Trinajstić information content (AvgIpc) is 3.03. The van der Waals surface area contributed by atoms with Gasteiger partial charge in [0.05, 0.1) is 12.1 Å². The number of nitrogens with zero attached hydrogens (tertiary/aromatic N) is 3. The number of hydrogen-bond donors (Lipinski definition) is 2. The van der Waals surface area contributed by atoms with Gasteiger partial charge in [-0.15, -0.1) is 0 Å². The molecule has 0 fully saturated rings. The van der Waals surface area contributed by atoms with Crippen LogP contribution in [0, 0.1) is 5.82 Å². The highest BCUT2D eigenvalue weighted by atomic mass is 19.4. The lowest BCUT2D eigenvalue weighted by Crippen LogP contribution is -2.47. The number of hydrogen-bond acceptors (Lipinski definition) is 4. The van der Waals surface area contributed by atoms with Gasteiger partial charge in [0.15, 0.2) is 11.2 Å². The summed E-state index contributed by atoms with van der Waals surface area (Å²) in [6, 6.07) is 5.91. The molecule has 2 heterocycles. The van der Waals surface area contributed by atoms with Gasteiger partial charge in [-0.2, -0.15) is 26.3 Å². The van der Waals surface area contributed by atoms with E-state index >= 15 is 0 Å². The third-order valence-electron chi connectivity index (χ3n) is 4.70. The summed E-state index contributed by atoms with van der Waals surface area (Å²) in [6.45, 7) is 1.04. The van der Waals surface area contributed by atoms with Crippen molar-refractivity contribution in [2.45, 2.75) is 37.7 Å². The Labute approximate surface area is 175 Å². The number of aliphatic hydroxyl groups is 1. The van der Waals surface area contributed by atoms with Crippen LogP contribution in [0.4, 0.5) is 36.7 Å². The first-order chi connectivity index (χ1) is 14.7. The van der Waals surface area contributed by atoms with Crippen molar-refractivity contribution in [2.24, 2.45) is 0 Å². The third kappa shape index (κ3) is 4.52. The monoisotopic (exact) mass is 464 g/mol. The van der Waals surface area contributed by atoms with Gasteiger partial charge in [0.25, 0.3) is 0 Å². The van der Waals surface area contributed by atoms with Crippen LogP contribution in [0.2, 0.25) is 0 Å². The smallest absolute Gasteiger partial charge is 0.380 e. The van der Waals surface area contributed by atoms with Gasteiger partial charge in [-0.05, 0) is 42.8 Å². The van der Waals surface area contributed by atoms with Crippen LogP contribution in [0.1, 0.15) is 25.5 Å². The lowest BCUT2D eigenvalue weighted by atomic mass is 9.95. The van der Waals surface area contributed by atoms with Crippen LogP contribution < -0.4 is 5.32 Å². The van der Waals surface area contributed by atoms with Crippen LogP contribution in [0.3, 0.4) is 0 Å². The average molecular weight is 464 g/mol. The first kappa shape index (κ1) is 23.4. The molecule has 2 N–H and O–H groups in total. The Bertz CT molecular complexity index is 1140. The van der Waals surface area contributed by atoms with Crippen molar-refractivity contribution < 1.29 is 40.6 Å². The van der Waals surface area contributed by atoms with Crippen molar-refractivity contribution in [3.63, 3.8) is 0 Å². The molecule has 3 rings (SSSR count). The number of anilines is 1. The number of halogens is 7. The van der Waals surface area contributed by atoms with Gasteiger partial charge in [0.1, 0.15) is 17.0 Å². The van der Waals surface area contributed by atoms with Crippen molar-refractivity contribution in [2.75, 3.05) is 5.32 Å². The van der Waals surface area contributed by atoms with E-state index in [1.54, 1.807) is 0 Å². The third-order valence-corrected chi connectivity index (χ3v) is 4.70. The highest BCUT2D eigenvalue weighted by molar-refractivity contribution is 5.92. The molecule has 0 aliphatic carbocycles. The minimum Gasteiger partial charge on any atom is -0.380 e. The number of benzene rings is 1. The second-order valence-electron chi connectivity index (χ2n) is 6.89. The molecule has 1 aromatic carbocycles. The predicted molar refractivity (Wildman–Crippen MR) is 98.4 cm³/mol. The van der Waals surface area contributed by atoms with Crippen molar-refractivity contribution in [3.8, 4) is 5.69 Å². The first-order valence-corrected chi connectivity index (χ1v) is 9.07. The summed E-state index contributed by atoms with van der Waals surface area (Å²) in [5.41, 5.74) is -5.03. The number of alkyl halides is 6. The molecule has 1 unspecified atom stereocenters. The second-order valence-corrected chi connectivity index (χ2v) is 6.89. The molecule has 2 aromatic heterocycles. The van der Waals surface area contributed by atoms with Crippen molar-refractivity contribution >= 4 is 23.0 Å². The standard InChI is InChI=1S/C19H15F7N4O2/c1-2-17(32,19(24,25)26)9-14(31)29-16-27-12-7-8-13(18(21,22)23)28-15(12)30(16)11-5-3-10(20)4-6-11/h3-8,32H,2,9H2,1H3,(H,27,29,31). The van der Waals surface area contributed by atoms with Gasteiger partial charge in [0.2, 0.25) is 11.9 Å². The molecule has 3 aromatic rings. The molecule has 13 heteroatoms. The maximum Gasteiger partial charge on any atom is 0.433 e. The SMILES string of the molecule is CCC(O)(CC(=O)Nc1nc2ccc(C(F)(F)F)nc2n1-c1ccc(F)cc1)C(F)(F)F. The number of carbonyl (C=O) groups excluding carboxylic acids is 1. The Kier molecular flexibility index (Phi) is 5.89. The van der Waals surface area contributed by atoms with Gasteiger partial charge >= 0.3 is 12.4 Å². The summed E-state index contributed by atoms with van der Waals surface area (Å²) >= 11 is 0. The van der Waals surface area contributed by atoms with Gasteiger partial charge in [-0.25, -0.2) is 14.4 Å². The number of nitrogens with one attached hydrogen (secondary N) is 1. The minimum absolute atomic E-state index is 0.0394. The Balaban J connectivity index is 2.09. The number of fused-ring (bicyclic) bond motifs is 1. The number of rotatable bonds is 5. The van der Waals surface area contributed by atoms with E-state index in [1.807, 2.05) is 0 Å². The summed E-state index contributed by atoms with van der Waals surface area (Å²) in [4.78, 5) is 19.7. The Hall–Kier alpha value is -3.22. The topological polar surface area (TPSA) is 80.0 Å². The highest BCUT2D eigenvalue weighted by Gasteiger charge is 2.53. The van der Waals surface area contributed by atoms with Gasteiger partial charge in [0, 0.05) is 0 Å². The molecule has 32 heavy (non-hydrogen) atoms. The zero-order valence-electron chi connectivity index (χ0n) is 16.2. The van der Waals surface area contributed by atoms with E-state index in [0.29, 0.717) is 6.07 Å². The number of imidazole rings is 1. The zero-order chi connectivity index (χ0) is 23.9. The van der Waals surface area contributed by atoms with E-state index in [9.17, 15) is 40.6 Å². The van der Waals surface area contributed by atoms with E-state index in [-0.39, 0.29) is 16.9 Å². The van der Waals surface area contributed by atoms with Gasteiger partial charge < -0.3 is 5.11 Å². The Morgan fingerprint density at radius 3 is 2.19 bits per heavy atom. The molecular formula is C19H15F7N4O2. The summed E-state index contributed by atoms with van der Waals surface area (Å²) in [7, 11) is 0. The zero-order valence-corrected chi connectivity index (χ0v) is 16.2. The van der Waals surface area contributed by atoms with Crippen LogP contribution in [0.25, 0.3) is 16.9 Å². The molecule has 6 nitrogen and oxygen atoms in total. The summed E-state index contributed by atoms with van der Waals surface area (Å²) < 4.78 is 92.9. The van der Waals surface area contributed by atoms with Crippen molar-refractivity contribution in [1.82, 2.24) is 14.5 Å². The fourth-order valence-electron chi connectivity index (χ4n) is 2.89. The van der Waals surface area contributed by atoms with Crippen molar-refractivity contribution in [1.29, 1.82) is 0 Å². The van der Waals surface area contributed by atoms with E-state index < -0.39 is 54.2 Å². The largest absolute Gasteiger partial charge is 0.433 e. The number of pyridine rings is 1. The molecule has 1 atom stereocenters. The molecule has 0 spiro atoms. The van der Waals surface area contributed by atoms with Crippen LogP contribution in [0.5, 0.6) is 0 Å². The van der Waals surface area contributed by atoms with E-state index in [2.05, 4.69) is 15.3 Å². The van der Waals surface area contributed by atoms with Gasteiger partial charge in [-0.1, -0.05) is 6.92 Å². The number of carbonyl (C=O) groups is 1. The second kappa shape index (κ2) is 8.04. The molecule has 0 aliphatic rings. The maximum absolute atomic E-state index is 13.3. The fraction of sp³-hybridized carbons (Fsp3) is 0.316. The molecule has 0 saturated carbocycles. The van der Waals surface area contributed by atoms with E-state index in [0.717, 1.165) is 41.8 Å².